The van der Waals surface area contributed by atoms with Gasteiger partial charge in [-0.3, -0.25) is 9.59 Å². The minimum absolute atomic E-state index is 0.195. The predicted molar refractivity (Wildman–Crippen MR) is 109 cm³/mol. The van der Waals surface area contributed by atoms with Crippen LogP contribution in [0.2, 0.25) is 0 Å². The van der Waals surface area contributed by atoms with Crippen LogP contribution < -0.4 is 15.4 Å². The van der Waals surface area contributed by atoms with Gasteiger partial charge in [-0.2, -0.15) is 0 Å². The van der Waals surface area contributed by atoms with Gasteiger partial charge in [-0.05, 0) is 49.7 Å². The number of halogens is 1. The van der Waals surface area contributed by atoms with Crippen LogP contribution in [0.3, 0.4) is 0 Å². The van der Waals surface area contributed by atoms with Crippen molar-refractivity contribution in [1.29, 1.82) is 0 Å². The number of methoxy groups -OCH3 is 1. The van der Waals surface area contributed by atoms with Crippen LogP contribution in [-0.4, -0.2) is 38.7 Å². The Morgan fingerprint density at radius 3 is 2.67 bits per heavy atom. The van der Waals surface area contributed by atoms with Gasteiger partial charge < -0.3 is 20.1 Å². The molecular formula is C20H23BrN2O4. The third-order valence-corrected chi connectivity index (χ3v) is 4.17. The van der Waals surface area contributed by atoms with Crippen LogP contribution >= 0.6 is 15.9 Å². The fourth-order valence-corrected chi connectivity index (χ4v) is 2.78. The molecule has 144 valence electrons. The first-order valence-corrected chi connectivity index (χ1v) is 9.45. The molecule has 2 N–H and O–H groups in total. The lowest BCUT2D eigenvalue weighted by atomic mass is 10.1. The highest BCUT2D eigenvalue weighted by Gasteiger charge is 2.14. The largest absolute Gasteiger partial charge is 0.493 e. The molecule has 0 aliphatic carbocycles. The van der Waals surface area contributed by atoms with Crippen LogP contribution in [0.1, 0.15) is 34.1 Å². The first-order chi connectivity index (χ1) is 13.0. The standard InChI is InChI=1S/C20H23BrN2O4/c1-3-27-18-9-8-15(21)13-17(18)20(25)23-16-7-4-6-14(12-16)19(24)22-10-5-11-26-2/h4,6-9,12-13H,3,5,10-11H2,1-2H3,(H,22,24)(H,23,25). The van der Waals surface area contributed by atoms with Gasteiger partial charge in [0.1, 0.15) is 5.75 Å². The summed E-state index contributed by atoms with van der Waals surface area (Å²) in [5.74, 6) is 0.00214. The Hall–Kier alpha value is -2.38. The normalized spacial score (nSPS) is 10.3. The lowest BCUT2D eigenvalue weighted by molar-refractivity contribution is 0.0947. The maximum atomic E-state index is 12.7. The van der Waals surface area contributed by atoms with Crippen LogP contribution in [0.5, 0.6) is 5.75 Å². The summed E-state index contributed by atoms with van der Waals surface area (Å²) in [5, 5.41) is 5.64. The zero-order chi connectivity index (χ0) is 19.6. The Labute approximate surface area is 167 Å². The van der Waals surface area contributed by atoms with Crippen LogP contribution in [-0.2, 0) is 4.74 Å². The van der Waals surface area contributed by atoms with Gasteiger partial charge in [-0.25, -0.2) is 0 Å². The van der Waals surface area contributed by atoms with E-state index in [0.717, 1.165) is 10.9 Å². The Morgan fingerprint density at radius 2 is 1.93 bits per heavy atom. The molecule has 2 amide bonds. The monoisotopic (exact) mass is 434 g/mol. The molecule has 0 radical (unpaired) electrons. The average molecular weight is 435 g/mol. The van der Waals surface area contributed by atoms with E-state index in [4.69, 9.17) is 9.47 Å². The summed E-state index contributed by atoms with van der Waals surface area (Å²) < 4.78 is 11.3. The molecule has 0 aliphatic heterocycles. The van der Waals surface area contributed by atoms with Crippen molar-refractivity contribution in [3.05, 3.63) is 58.1 Å². The van der Waals surface area contributed by atoms with Gasteiger partial charge >= 0.3 is 0 Å². The molecule has 0 aromatic heterocycles. The number of rotatable bonds is 9. The first kappa shape index (κ1) is 20.9. The fourth-order valence-electron chi connectivity index (χ4n) is 2.42. The third kappa shape index (κ3) is 6.37. The van der Waals surface area contributed by atoms with Gasteiger partial charge in [0.2, 0.25) is 0 Å². The van der Waals surface area contributed by atoms with Gasteiger partial charge in [0.15, 0.2) is 0 Å². The maximum absolute atomic E-state index is 12.7. The quantitative estimate of drug-likeness (QED) is 0.587. The highest BCUT2D eigenvalue weighted by Crippen LogP contribution is 2.24. The Bertz CT molecular complexity index is 795. The van der Waals surface area contributed by atoms with E-state index in [9.17, 15) is 9.59 Å². The van der Waals surface area contributed by atoms with Gasteiger partial charge in [0, 0.05) is 36.0 Å². The molecule has 7 heteroatoms. The maximum Gasteiger partial charge on any atom is 0.259 e. The van der Waals surface area contributed by atoms with Gasteiger partial charge in [0.25, 0.3) is 11.8 Å². The molecule has 0 saturated carbocycles. The number of carbonyl (C=O) groups is 2. The fraction of sp³-hybridized carbons (Fsp3) is 0.300. The number of hydrogen-bond acceptors (Lipinski definition) is 4. The second-order valence-electron chi connectivity index (χ2n) is 5.71. The number of anilines is 1. The lowest BCUT2D eigenvalue weighted by Gasteiger charge is -2.12. The Kier molecular flexibility index (Phi) is 8.29. The molecule has 0 fully saturated rings. The van der Waals surface area contributed by atoms with E-state index in [0.29, 0.717) is 42.3 Å². The third-order valence-electron chi connectivity index (χ3n) is 3.68. The van der Waals surface area contributed by atoms with E-state index in [1.165, 1.54) is 0 Å². The summed E-state index contributed by atoms with van der Waals surface area (Å²) in [6.45, 7) is 3.43. The summed E-state index contributed by atoms with van der Waals surface area (Å²) in [6.07, 6.45) is 0.738. The Balaban J connectivity index is 2.08. The number of benzene rings is 2. The van der Waals surface area contributed by atoms with E-state index in [-0.39, 0.29) is 11.8 Å². The van der Waals surface area contributed by atoms with E-state index < -0.39 is 0 Å². The number of hydrogen-bond donors (Lipinski definition) is 2. The molecule has 2 aromatic carbocycles. The molecule has 0 atom stereocenters. The Morgan fingerprint density at radius 1 is 1.11 bits per heavy atom. The van der Waals surface area contributed by atoms with Crippen molar-refractivity contribution >= 4 is 33.4 Å². The molecule has 0 bridgehead atoms. The van der Waals surface area contributed by atoms with E-state index >= 15 is 0 Å². The molecule has 0 aliphatic rings. The smallest absolute Gasteiger partial charge is 0.259 e. The summed E-state index contributed by atoms with van der Waals surface area (Å²) in [6, 6.07) is 12.1. The predicted octanol–water partition coefficient (Wildman–Crippen LogP) is 3.87. The van der Waals surface area contributed by atoms with E-state index in [2.05, 4.69) is 26.6 Å². The molecule has 2 rings (SSSR count). The van der Waals surface area contributed by atoms with Crippen molar-refractivity contribution < 1.29 is 19.1 Å². The molecule has 0 saturated heterocycles. The summed E-state index contributed by atoms with van der Waals surface area (Å²) in [5.41, 5.74) is 1.43. The zero-order valence-electron chi connectivity index (χ0n) is 15.4. The van der Waals surface area contributed by atoms with Crippen molar-refractivity contribution in [3.63, 3.8) is 0 Å². The van der Waals surface area contributed by atoms with Crippen LogP contribution in [0.4, 0.5) is 5.69 Å². The molecule has 0 heterocycles. The van der Waals surface area contributed by atoms with Crippen LogP contribution in [0.25, 0.3) is 0 Å². The SMILES string of the molecule is CCOc1ccc(Br)cc1C(=O)Nc1cccc(C(=O)NCCCOC)c1. The van der Waals surface area contributed by atoms with Crippen molar-refractivity contribution in [3.8, 4) is 5.75 Å². The summed E-state index contributed by atoms with van der Waals surface area (Å²) in [7, 11) is 1.62. The van der Waals surface area contributed by atoms with Crippen molar-refractivity contribution in [2.24, 2.45) is 0 Å². The van der Waals surface area contributed by atoms with Crippen LogP contribution in [0.15, 0.2) is 46.9 Å². The van der Waals surface area contributed by atoms with Gasteiger partial charge in [-0.1, -0.05) is 22.0 Å². The van der Waals surface area contributed by atoms with Gasteiger partial charge in [-0.15, -0.1) is 0 Å². The van der Waals surface area contributed by atoms with E-state index in [1.54, 1.807) is 43.5 Å². The molecule has 6 nitrogen and oxygen atoms in total. The van der Waals surface area contributed by atoms with E-state index in [1.807, 2.05) is 13.0 Å². The van der Waals surface area contributed by atoms with Crippen molar-refractivity contribution in [2.45, 2.75) is 13.3 Å². The van der Waals surface area contributed by atoms with Crippen molar-refractivity contribution in [2.75, 3.05) is 32.2 Å². The molecular weight excluding hydrogens is 412 g/mol. The lowest BCUT2D eigenvalue weighted by Crippen LogP contribution is -2.25. The molecule has 0 unspecified atom stereocenters. The average Bonchev–Trinajstić information content (AvgIpc) is 2.67. The number of nitrogens with one attached hydrogen (secondary N) is 2. The number of amides is 2. The van der Waals surface area contributed by atoms with Crippen molar-refractivity contribution in [1.82, 2.24) is 5.32 Å². The summed E-state index contributed by atoms with van der Waals surface area (Å²) >= 11 is 3.37. The topological polar surface area (TPSA) is 76.7 Å². The molecule has 0 spiro atoms. The van der Waals surface area contributed by atoms with Crippen LogP contribution in [0, 0.1) is 0 Å². The van der Waals surface area contributed by atoms with Gasteiger partial charge in [0.05, 0.1) is 12.2 Å². The number of carbonyl (C=O) groups excluding carboxylic acids is 2. The minimum Gasteiger partial charge on any atom is -0.493 e. The second-order valence-corrected chi connectivity index (χ2v) is 6.63. The highest BCUT2D eigenvalue weighted by atomic mass is 79.9. The molecule has 2 aromatic rings. The minimum atomic E-state index is -0.308. The summed E-state index contributed by atoms with van der Waals surface area (Å²) in [4.78, 5) is 24.9. The first-order valence-electron chi connectivity index (χ1n) is 8.66. The highest BCUT2D eigenvalue weighted by molar-refractivity contribution is 9.10. The second kappa shape index (κ2) is 10.7. The molecule has 27 heavy (non-hydrogen) atoms. The zero-order valence-corrected chi connectivity index (χ0v) is 17.0. The number of ether oxygens (including phenoxy) is 2.